The quantitative estimate of drug-likeness (QED) is 0.766. The summed E-state index contributed by atoms with van der Waals surface area (Å²) < 4.78 is 0. The highest BCUT2D eigenvalue weighted by Crippen LogP contribution is 2.38. The van der Waals surface area contributed by atoms with Crippen molar-refractivity contribution in [1.29, 1.82) is 5.26 Å². The van der Waals surface area contributed by atoms with Crippen LogP contribution in [0.5, 0.6) is 0 Å². The number of rotatable bonds is 1. The van der Waals surface area contributed by atoms with Crippen LogP contribution in [0.25, 0.3) is 0 Å². The molecule has 0 aromatic heterocycles. The highest BCUT2D eigenvalue weighted by molar-refractivity contribution is 6.30. The van der Waals surface area contributed by atoms with Gasteiger partial charge in [-0.05, 0) is 42.9 Å². The summed E-state index contributed by atoms with van der Waals surface area (Å²) in [4.78, 5) is 2.37. The highest BCUT2D eigenvalue weighted by atomic mass is 35.5. The number of nitrogens with zero attached hydrogens (tertiary/aromatic N) is 2. The maximum Gasteiger partial charge on any atom is 0.101 e. The molecular weight excluding hydrogens is 256 g/mol. The van der Waals surface area contributed by atoms with Crippen LogP contribution in [0.3, 0.4) is 0 Å². The van der Waals surface area contributed by atoms with Gasteiger partial charge in [0.15, 0.2) is 0 Å². The number of halogens is 1. The molecule has 0 spiro atoms. The van der Waals surface area contributed by atoms with Gasteiger partial charge in [0.05, 0.1) is 11.3 Å². The highest BCUT2D eigenvalue weighted by Gasteiger charge is 2.31. The van der Waals surface area contributed by atoms with Crippen molar-refractivity contribution in [3.05, 3.63) is 28.8 Å². The van der Waals surface area contributed by atoms with Crippen molar-refractivity contribution in [2.24, 2.45) is 11.8 Å². The topological polar surface area (TPSA) is 27.0 Å². The molecule has 0 amide bonds. The summed E-state index contributed by atoms with van der Waals surface area (Å²) in [6.45, 7) is 2.16. The second-order valence-corrected chi connectivity index (χ2v) is 6.25. The largest absolute Gasteiger partial charge is 0.370 e. The van der Waals surface area contributed by atoms with E-state index in [2.05, 4.69) is 11.0 Å². The lowest BCUT2D eigenvalue weighted by Gasteiger charge is -2.42. The van der Waals surface area contributed by atoms with Crippen LogP contribution < -0.4 is 4.90 Å². The molecule has 1 heterocycles. The van der Waals surface area contributed by atoms with Crippen LogP contribution in [0.2, 0.25) is 5.02 Å². The molecule has 2 nitrogen and oxygen atoms in total. The molecule has 1 saturated heterocycles. The minimum atomic E-state index is 0.722. The van der Waals surface area contributed by atoms with Crippen LogP contribution in [0, 0.1) is 23.2 Å². The first kappa shape index (κ1) is 12.8. The molecule has 0 bridgehead atoms. The summed E-state index contributed by atoms with van der Waals surface area (Å²) in [7, 11) is 0. The van der Waals surface area contributed by atoms with Crippen LogP contribution in [-0.4, -0.2) is 13.1 Å². The third kappa shape index (κ3) is 2.58. The van der Waals surface area contributed by atoms with Gasteiger partial charge in [0.25, 0.3) is 0 Å². The zero-order valence-corrected chi connectivity index (χ0v) is 11.9. The van der Waals surface area contributed by atoms with Gasteiger partial charge in [-0.2, -0.15) is 5.26 Å². The molecule has 1 aliphatic heterocycles. The first-order chi connectivity index (χ1) is 9.28. The molecule has 2 aliphatic rings. The Morgan fingerprint density at radius 1 is 1.16 bits per heavy atom. The Bertz CT molecular complexity index is 506. The Hall–Kier alpha value is -1.20. The first-order valence-corrected chi connectivity index (χ1v) is 7.60. The van der Waals surface area contributed by atoms with E-state index in [0.717, 1.165) is 41.2 Å². The Balaban J connectivity index is 1.83. The van der Waals surface area contributed by atoms with Gasteiger partial charge in [-0.1, -0.05) is 30.9 Å². The number of nitriles is 1. The number of hydrogen-bond acceptors (Lipinski definition) is 2. The molecule has 19 heavy (non-hydrogen) atoms. The smallest absolute Gasteiger partial charge is 0.101 e. The SMILES string of the molecule is N#Cc1ccc(Cl)cc1N1CCC2CCCCC2C1. The van der Waals surface area contributed by atoms with Gasteiger partial charge in [0, 0.05) is 18.1 Å². The third-order valence-electron chi connectivity index (χ3n) is 4.71. The molecule has 0 radical (unpaired) electrons. The fourth-order valence-corrected chi connectivity index (χ4v) is 3.85. The number of anilines is 1. The van der Waals surface area contributed by atoms with Crippen LogP contribution >= 0.6 is 11.6 Å². The summed E-state index contributed by atoms with van der Waals surface area (Å²) in [5.41, 5.74) is 1.78. The van der Waals surface area contributed by atoms with E-state index in [9.17, 15) is 5.26 Å². The number of hydrogen-bond donors (Lipinski definition) is 0. The molecule has 3 heteroatoms. The van der Waals surface area contributed by atoms with E-state index >= 15 is 0 Å². The Morgan fingerprint density at radius 3 is 2.74 bits per heavy atom. The van der Waals surface area contributed by atoms with E-state index in [4.69, 9.17) is 11.6 Å². The summed E-state index contributed by atoms with van der Waals surface area (Å²) in [5.74, 6) is 1.72. The summed E-state index contributed by atoms with van der Waals surface area (Å²) in [5, 5.41) is 9.97. The Kier molecular flexibility index (Phi) is 3.66. The predicted octanol–water partition coefficient (Wildman–Crippen LogP) is 4.23. The number of piperidine rings is 1. The average molecular weight is 275 g/mol. The van der Waals surface area contributed by atoms with Gasteiger partial charge in [-0.15, -0.1) is 0 Å². The molecule has 1 aromatic rings. The van der Waals surface area contributed by atoms with E-state index in [0.29, 0.717) is 0 Å². The van der Waals surface area contributed by atoms with Gasteiger partial charge in [-0.3, -0.25) is 0 Å². The van der Waals surface area contributed by atoms with Gasteiger partial charge in [-0.25, -0.2) is 0 Å². The zero-order valence-electron chi connectivity index (χ0n) is 11.1. The maximum absolute atomic E-state index is 9.25. The molecule has 2 fully saturated rings. The Labute approximate surface area is 120 Å². The maximum atomic E-state index is 9.25. The summed E-state index contributed by atoms with van der Waals surface area (Å²) >= 11 is 6.09. The summed E-state index contributed by atoms with van der Waals surface area (Å²) in [6, 6.07) is 7.88. The lowest BCUT2D eigenvalue weighted by Crippen LogP contribution is -2.42. The van der Waals surface area contributed by atoms with Gasteiger partial charge >= 0.3 is 0 Å². The van der Waals surface area contributed by atoms with Crippen LogP contribution in [-0.2, 0) is 0 Å². The molecule has 2 unspecified atom stereocenters. The number of fused-ring (bicyclic) bond motifs is 1. The van der Waals surface area contributed by atoms with Crippen LogP contribution in [0.15, 0.2) is 18.2 Å². The second kappa shape index (κ2) is 5.43. The van der Waals surface area contributed by atoms with Crippen LogP contribution in [0.4, 0.5) is 5.69 Å². The average Bonchev–Trinajstić information content (AvgIpc) is 2.46. The van der Waals surface area contributed by atoms with Crippen molar-refractivity contribution in [1.82, 2.24) is 0 Å². The fraction of sp³-hybridized carbons (Fsp3) is 0.562. The first-order valence-electron chi connectivity index (χ1n) is 7.22. The van der Waals surface area contributed by atoms with Gasteiger partial charge < -0.3 is 4.90 Å². The van der Waals surface area contributed by atoms with Gasteiger partial charge in [0.1, 0.15) is 6.07 Å². The molecule has 3 rings (SSSR count). The van der Waals surface area contributed by atoms with E-state index in [1.165, 1.54) is 32.1 Å². The Morgan fingerprint density at radius 2 is 1.95 bits per heavy atom. The van der Waals surface area contributed by atoms with Crippen LogP contribution in [0.1, 0.15) is 37.7 Å². The zero-order chi connectivity index (χ0) is 13.2. The van der Waals surface area contributed by atoms with Gasteiger partial charge in [0.2, 0.25) is 0 Å². The molecule has 0 N–H and O–H groups in total. The van der Waals surface area contributed by atoms with Crippen molar-refractivity contribution in [2.45, 2.75) is 32.1 Å². The molecular formula is C16H19ClN2. The molecule has 1 aromatic carbocycles. The molecule has 100 valence electrons. The monoisotopic (exact) mass is 274 g/mol. The van der Waals surface area contributed by atoms with Crippen molar-refractivity contribution >= 4 is 17.3 Å². The molecule has 2 atom stereocenters. The summed E-state index contributed by atoms with van der Waals surface area (Å²) in [6.07, 6.45) is 6.79. The fourth-order valence-electron chi connectivity index (χ4n) is 3.68. The van der Waals surface area contributed by atoms with E-state index in [1.807, 2.05) is 12.1 Å². The lowest BCUT2D eigenvalue weighted by molar-refractivity contribution is 0.202. The number of benzene rings is 1. The van der Waals surface area contributed by atoms with Crippen molar-refractivity contribution in [3.8, 4) is 6.07 Å². The molecule has 1 aliphatic carbocycles. The van der Waals surface area contributed by atoms with E-state index < -0.39 is 0 Å². The van der Waals surface area contributed by atoms with Crippen molar-refractivity contribution in [2.75, 3.05) is 18.0 Å². The van der Waals surface area contributed by atoms with E-state index in [1.54, 1.807) is 6.07 Å². The normalized spacial score (nSPS) is 26.6. The third-order valence-corrected chi connectivity index (χ3v) is 4.95. The lowest BCUT2D eigenvalue weighted by atomic mass is 9.75. The minimum absolute atomic E-state index is 0.722. The van der Waals surface area contributed by atoms with E-state index in [-0.39, 0.29) is 0 Å². The second-order valence-electron chi connectivity index (χ2n) is 5.81. The minimum Gasteiger partial charge on any atom is -0.370 e. The predicted molar refractivity (Wildman–Crippen MR) is 78.4 cm³/mol. The van der Waals surface area contributed by atoms with Crippen molar-refractivity contribution in [3.63, 3.8) is 0 Å². The van der Waals surface area contributed by atoms with Crippen molar-refractivity contribution < 1.29 is 0 Å². The molecule has 1 saturated carbocycles. The standard InChI is InChI=1S/C16H19ClN2/c17-15-6-5-13(10-18)16(9-15)19-8-7-12-3-1-2-4-14(12)11-19/h5-6,9,12,14H,1-4,7-8,11H2.